The summed E-state index contributed by atoms with van der Waals surface area (Å²) < 4.78 is 13.7. The van der Waals surface area contributed by atoms with E-state index in [1.54, 1.807) is 12.1 Å². The third-order valence-electron chi connectivity index (χ3n) is 3.94. The third-order valence-corrected chi connectivity index (χ3v) is 5.13. The molecular formula is C15H19BrFNO. The largest absolute Gasteiger partial charge is 0.351 e. The van der Waals surface area contributed by atoms with E-state index in [1.165, 1.54) is 18.9 Å². The lowest BCUT2D eigenvalue weighted by atomic mass is 9.89. The average molecular weight is 328 g/mol. The molecule has 0 aliphatic heterocycles. The van der Waals surface area contributed by atoms with Gasteiger partial charge in [-0.3, -0.25) is 4.79 Å². The number of hydrogen-bond donors (Lipinski definition) is 1. The van der Waals surface area contributed by atoms with E-state index < -0.39 is 5.82 Å². The van der Waals surface area contributed by atoms with Crippen LogP contribution in [0.1, 0.15) is 41.6 Å². The van der Waals surface area contributed by atoms with Gasteiger partial charge < -0.3 is 5.32 Å². The molecule has 0 unspecified atom stereocenters. The fraction of sp³-hybridized carbons (Fsp3) is 0.533. The number of carbonyl (C=O) groups excluding carboxylic acids is 1. The van der Waals surface area contributed by atoms with Gasteiger partial charge in [-0.05, 0) is 42.9 Å². The molecule has 1 saturated carbocycles. The third kappa shape index (κ3) is 3.35. The van der Waals surface area contributed by atoms with Crippen LogP contribution in [0.4, 0.5) is 4.39 Å². The summed E-state index contributed by atoms with van der Waals surface area (Å²) in [6.45, 7) is 2.42. The summed E-state index contributed by atoms with van der Waals surface area (Å²) >= 11 is 3.54. The second-order valence-corrected chi connectivity index (χ2v) is 6.07. The molecule has 19 heavy (non-hydrogen) atoms. The molecule has 1 fully saturated rings. The molecular weight excluding hydrogens is 309 g/mol. The Bertz CT molecular complexity index is 469. The van der Waals surface area contributed by atoms with Crippen molar-refractivity contribution in [1.82, 2.24) is 5.32 Å². The van der Waals surface area contributed by atoms with Gasteiger partial charge in [-0.2, -0.15) is 0 Å². The summed E-state index contributed by atoms with van der Waals surface area (Å²) in [6.07, 6.45) is 4.66. The fourth-order valence-electron chi connectivity index (χ4n) is 2.65. The lowest BCUT2D eigenvalue weighted by Gasteiger charge is -2.26. The van der Waals surface area contributed by atoms with Crippen molar-refractivity contribution in [2.75, 3.05) is 11.9 Å². The number of rotatable bonds is 4. The summed E-state index contributed by atoms with van der Waals surface area (Å²) in [4.78, 5) is 12.0. The van der Waals surface area contributed by atoms with E-state index in [2.05, 4.69) is 21.2 Å². The van der Waals surface area contributed by atoms with Crippen molar-refractivity contribution in [2.24, 2.45) is 5.41 Å². The number of hydrogen-bond acceptors (Lipinski definition) is 1. The molecule has 0 spiro atoms. The van der Waals surface area contributed by atoms with Crippen molar-refractivity contribution in [3.63, 3.8) is 0 Å². The van der Waals surface area contributed by atoms with Crippen molar-refractivity contribution in [2.45, 2.75) is 32.6 Å². The van der Waals surface area contributed by atoms with Gasteiger partial charge in [-0.1, -0.05) is 34.8 Å². The Morgan fingerprint density at radius 2 is 2.11 bits per heavy atom. The predicted molar refractivity (Wildman–Crippen MR) is 78.2 cm³/mol. The van der Waals surface area contributed by atoms with Crippen LogP contribution in [0.3, 0.4) is 0 Å². The second kappa shape index (κ2) is 6.04. The summed E-state index contributed by atoms with van der Waals surface area (Å²) in [6, 6.07) is 4.70. The highest BCUT2D eigenvalue weighted by molar-refractivity contribution is 9.09. The van der Waals surface area contributed by atoms with Crippen molar-refractivity contribution < 1.29 is 9.18 Å². The topological polar surface area (TPSA) is 29.1 Å². The van der Waals surface area contributed by atoms with Crippen LogP contribution in [-0.2, 0) is 0 Å². The van der Waals surface area contributed by atoms with E-state index in [0.29, 0.717) is 6.54 Å². The van der Waals surface area contributed by atoms with E-state index >= 15 is 0 Å². The molecule has 1 aromatic rings. The minimum absolute atomic E-state index is 0.133. The van der Waals surface area contributed by atoms with Gasteiger partial charge in [0.05, 0.1) is 5.56 Å². The molecule has 2 nitrogen and oxygen atoms in total. The maximum Gasteiger partial charge on any atom is 0.254 e. The van der Waals surface area contributed by atoms with Gasteiger partial charge in [-0.15, -0.1) is 0 Å². The smallest absolute Gasteiger partial charge is 0.254 e. The van der Waals surface area contributed by atoms with Crippen LogP contribution in [0.25, 0.3) is 0 Å². The Morgan fingerprint density at radius 3 is 2.68 bits per heavy atom. The van der Waals surface area contributed by atoms with Crippen LogP contribution in [0.15, 0.2) is 18.2 Å². The van der Waals surface area contributed by atoms with Gasteiger partial charge in [0.2, 0.25) is 0 Å². The maximum atomic E-state index is 13.7. The first-order valence-electron chi connectivity index (χ1n) is 6.67. The standard InChI is InChI=1S/C15H19BrFNO/c1-11-4-5-12(13(17)8-11)14(19)18-10-15(9-16)6-2-3-7-15/h4-5,8H,2-3,6-7,9-10H2,1H3,(H,18,19). The van der Waals surface area contributed by atoms with Crippen molar-refractivity contribution in [1.29, 1.82) is 0 Å². The molecule has 0 bridgehead atoms. The van der Waals surface area contributed by atoms with Crippen LogP contribution >= 0.6 is 15.9 Å². The van der Waals surface area contributed by atoms with E-state index in [0.717, 1.165) is 23.7 Å². The van der Waals surface area contributed by atoms with Gasteiger partial charge in [0.1, 0.15) is 5.82 Å². The van der Waals surface area contributed by atoms with Gasteiger partial charge in [0.25, 0.3) is 5.91 Å². The van der Waals surface area contributed by atoms with E-state index in [-0.39, 0.29) is 16.9 Å². The summed E-state index contributed by atoms with van der Waals surface area (Å²) in [5.74, 6) is -0.762. The molecule has 4 heteroatoms. The van der Waals surface area contributed by atoms with Crippen LogP contribution in [0.5, 0.6) is 0 Å². The number of carbonyl (C=O) groups is 1. The van der Waals surface area contributed by atoms with Crippen molar-refractivity contribution in [3.8, 4) is 0 Å². The highest BCUT2D eigenvalue weighted by Crippen LogP contribution is 2.39. The minimum atomic E-state index is -0.447. The zero-order valence-electron chi connectivity index (χ0n) is 11.1. The van der Waals surface area contributed by atoms with E-state index in [1.807, 2.05) is 6.92 Å². The lowest BCUT2D eigenvalue weighted by molar-refractivity contribution is 0.0931. The molecule has 2 rings (SSSR count). The first kappa shape index (κ1) is 14.5. The average Bonchev–Trinajstić information content (AvgIpc) is 2.85. The molecule has 104 valence electrons. The van der Waals surface area contributed by atoms with Gasteiger partial charge in [0.15, 0.2) is 0 Å². The van der Waals surface area contributed by atoms with Crippen molar-refractivity contribution >= 4 is 21.8 Å². The number of alkyl halides is 1. The monoisotopic (exact) mass is 327 g/mol. The van der Waals surface area contributed by atoms with Gasteiger partial charge in [0, 0.05) is 11.9 Å². The fourth-order valence-corrected chi connectivity index (χ4v) is 3.41. The molecule has 0 heterocycles. The molecule has 0 radical (unpaired) electrons. The number of halogens is 2. The molecule has 1 aromatic carbocycles. The molecule has 0 aromatic heterocycles. The number of amides is 1. The zero-order valence-corrected chi connectivity index (χ0v) is 12.7. The quantitative estimate of drug-likeness (QED) is 0.837. The van der Waals surface area contributed by atoms with E-state index in [9.17, 15) is 9.18 Å². The minimum Gasteiger partial charge on any atom is -0.351 e. The summed E-state index contributed by atoms with van der Waals surface area (Å²) in [7, 11) is 0. The second-order valence-electron chi connectivity index (χ2n) is 5.51. The van der Waals surface area contributed by atoms with Crippen LogP contribution in [0.2, 0.25) is 0 Å². The van der Waals surface area contributed by atoms with Crippen molar-refractivity contribution in [3.05, 3.63) is 35.1 Å². The first-order valence-corrected chi connectivity index (χ1v) is 7.79. The lowest BCUT2D eigenvalue weighted by Crippen LogP contribution is -2.37. The Kier molecular flexibility index (Phi) is 4.61. The predicted octanol–water partition coefficient (Wildman–Crippen LogP) is 3.82. The first-order chi connectivity index (χ1) is 9.06. The van der Waals surface area contributed by atoms with E-state index in [4.69, 9.17) is 0 Å². The number of aryl methyl sites for hydroxylation is 1. The van der Waals surface area contributed by atoms with Crippen LogP contribution < -0.4 is 5.32 Å². The zero-order chi connectivity index (χ0) is 13.9. The maximum absolute atomic E-state index is 13.7. The highest BCUT2D eigenvalue weighted by Gasteiger charge is 2.33. The van der Waals surface area contributed by atoms with Gasteiger partial charge >= 0.3 is 0 Å². The highest BCUT2D eigenvalue weighted by atomic mass is 79.9. The molecule has 1 aliphatic carbocycles. The normalized spacial score (nSPS) is 17.4. The Balaban J connectivity index is 2.01. The molecule has 1 amide bonds. The number of nitrogens with one attached hydrogen (secondary N) is 1. The van der Waals surface area contributed by atoms with Crippen LogP contribution in [0, 0.1) is 18.2 Å². The molecule has 1 N–H and O–H groups in total. The Labute approximate surface area is 121 Å². The molecule has 0 atom stereocenters. The molecule has 1 aliphatic rings. The molecule has 0 saturated heterocycles. The number of benzene rings is 1. The summed E-state index contributed by atoms with van der Waals surface area (Å²) in [5, 5.41) is 3.77. The van der Waals surface area contributed by atoms with Crippen LogP contribution in [-0.4, -0.2) is 17.8 Å². The SMILES string of the molecule is Cc1ccc(C(=O)NCC2(CBr)CCCC2)c(F)c1. The Morgan fingerprint density at radius 1 is 1.42 bits per heavy atom. The van der Waals surface area contributed by atoms with Gasteiger partial charge in [-0.25, -0.2) is 4.39 Å². The Hall–Kier alpha value is -0.900. The summed E-state index contributed by atoms with van der Waals surface area (Å²) in [5.41, 5.74) is 1.10.